The second-order valence-corrected chi connectivity index (χ2v) is 5.43. The number of benzene rings is 1. The van der Waals surface area contributed by atoms with Crippen LogP contribution in [0.2, 0.25) is 0 Å². The fourth-order valence-electron chi connectivity index (χ4n) is 3.02. The van der Waals surface area contributed by atoms with Crippen LogP contribution >= 0.6 is 0 Å². The molecule has 0 unspecified atom stereocenters. The molecule has 0 spiro atoms. The van der Waals surface area contributed by atoms with Gasteiger partial charge in [-0.25, -0.2) is 9.18 Å². The van der Waals surface area contributed by atoms with Gasteiger partial charge in [-0.2, -0.15) is 0 Å². The highest BCUT2D eigenvalue weighted by Crippen LogP contribution is 2.32. The Bertz CT molecular complexity index is 739. The van der Waals surface area contributed by atoms with Gasteiger partial charge in [0, 0.05) is 24.7 Å². The molecule has 1 aliphatic rings. The van der Waals surface area contributed by atoms with E-state index in [0.29, 0.717) is 25.9 Å². The Labute approximate surface area is 126 Å². The quantitative estimate of drug-likeness (QED) is 0.820. The van der Waals surface area contributed by atoms with Crippen LogP contribution in [-0.4, -0.2) is 40.0 Å². The molecule has 0 saturated carbocycles. The molecule has 3 rings (SSSR count). The van der Waals surface area contributed by atoms with Crippen LogP contribution in [0.15, 0.2) is 30.5 Å². The zero-order valence-electron chi connectivity index (χ0n) is 11.8. The topological polar surface area (TPSA) is 70.5 Å². The summed E-state index contributed by atoms with van der Waals surface area (Å²) in [6.45, 7) is 0.795. The molecule has 1 saturated heterocycles. The Kier molecular flexibility index (Phi) is 3.75. The Balaban J connectivity index is 1.84. The summed E-state index contributed by atoms with van der Waals surface area (Å²) in [4.78, 5) is 27.8. The van der Waals surface area contributed by atoms with Gasteiger partial charge in [0.25, 0.3) is 0 Å². The highest BCUT2D eigenvalue weighted by molar-refractivity contribution is 6.31. The van der Waals surface area contributed by atoms with E-state index in [0.717, 1.165) is 16.5 Å². The van der Waals surface area contributed by atoms with Crippen molar-refractivity contribution in [3.05, 3.63) is 41.8 Å². The maximum atomic E-state index is 13.5. The van der Waals surface area contributed by atoms with Crippen LogP contribution < -0.4 is 0 Å². The van der Waals surface area contributed by atoms with Crippen molar-refractivity contribution < 1.29 is 19.1 Å². The third-order valence-corrected chi connectivity index (χ3v) is 4.14. The number of likely N-dealkylation sites (tertiary alicyclic amines) is 1. The monoisotopic (exact) mass is 302 g/mol. The van der Waals surface area contributed by atoms with Crippen LogP contribution in [0.5, 0.6) is 0 Å². The summed E-state index contributed by atoms with van der Waals surface area (Å²) >= 11 is 0. The van der Waals surface area contributed by atoms with Gasteiger partial charge < -0.3 is 10.0 Å². The SMILES string of the molecule is O=C(O)C(=O)N1CCC(c2ccnc3ccc(F)cc23)CC1. The minimum Gasteiger partial charge on any atom is -0.474 e. The molecule has 1 fully saturated rings. The molecule has 1 aromatic carbocycles. The number of carbonyl (C=O) groups is 2. The van der Waals surface area contributed by atoms with Gasteiger partial charge in [0.05, 0.1) is 5.52 Å². The molecule has 1 amide bonds. The summed E-state index contributed by atoms with van der Waals surface area (Å²) in [6, 6.07) is 6.39. The summed E-state index contributed by atoms with van der Waals surface area (Å²) in [7, 11) is 0. The van der Waals surface area contributed by atoms with Crippen LogP contribution in [0.3, 0.4) is 0 Å². The second kappa shape index (κ2) is 5.71. The van der Waals surface area contributed by atoms with E-state index < -0.39 is 11.9 Å². The van der Waals surface area contributed by atoms with Gasteiger partial charge in [-0.1, -0.05) is 0 Å². The molecular formula is C16H15FN2O3. The molecular weight excluding hydrogens is 287 g/mol. The molecule has 1 aromatic heterocycles. The third kappa shape index (κ3) is 2.64. The van der Waals surface area contributed by atoms with Gasteiger partial charge in [-0.3, -0.25) is 9.78 Å². The first-order chi connectivity index (χ1) is 10.6. The normalized spacial score (nSPS) is 16.0. The van der Waals surface area contributed by atoms with E-state index in [1.54, 1.807) is 12.3 Å². The third-order valence-electron chi connectivity index (χ3n) is 4.14. The first-order valence-corrected chi connectivity index (χ1v) is 7.12. The molecule has 1 N–H and O–H groups in total. The number of hydrogen-bond acceptors (Lipinski definition) is 3. The molecule has 1 aliphatic heterocycles. The number of aliphatic carboxylic acids is 1. The molecule has 0 bridgehead atoms. The van der Waals surface area contributed by atoms with Crippen LogP contribution in [0.4, 0.5) is 4.39 Å². The number of aromatic nitrogens is 1. The number of halogens is 1. The number of pyridine rings is 1. The number of carboxylic acids is 1. The van der Waals surface area contributed by atoms with Gasteiger partial charge >= 0.3 is 11.9 Å². The van der Waals surface area contributed by atoms with Gasteiger partial charge in [0.2, 0.25) is 0 Å². The molecule has 2 heterocycles. The zero-order valence-corrected chi connectivity index (χ0v) is 11.8. The van der Waals surface area contributed by atoms with Crippen LogP contribution in [0.1, 0.15) is 24.3 Å². The first-order valence-electron chi connectivity index (χ1n) is 7.12. The van der Waals surface area contributed by atoms with E-state index in [9.17, 15) is 14.0 Å². The Morgan fingerprint density at radius 1 is 1.23 bits per heavy atom. The summed E-state index contributed by atoms with van der Waals surface area (Å²) < 4.78 is 13.5. The second-order valence-electron chi connectivity index (χ2n) is 5.43. The fourth-order valence-corrected chi connectivity index (χ4v) is 3.02. The largest absolute Gasteiger partial charge is 0.474 e. The van der Waals surface area contributed by atoms with Crippen molar-refractivity contribution in [2.75, 3.05) is 13.1 Å². The van der Waals surface area contributed by atoms with Crippen LogP contribution in [0, 0.1) is 5.82 Å². The van der Waals surface area contributed by atoms with Crippen molar-refractivity contribution >= 4 is 22.8 Å². The van der Waals surface area contributed by atoms with E-state index in [-0.39, 0.29) is 11.7 Å². The van der Waals surface area contributed by atoms with E-state index in [1.165, 1.54) is 17.0 Å². The lowest BCUT2D eigenvalue weighted by atomic mass is 9.87. The van der Waals surface area contributed by atoms with Gasteiger partial charge in [-0.15, -0.1) is 0 Å². The molecule has 114 valence electrons. The number of rotatable bonds is 1. The smallest absolute Gasteiger partial charge is 0.394 e. The van der Waals surface area contributed by atoms with Crippen molar-refractivity contribution in [2.24, 2.45) is 0 Å². The lowest BCUT2D eigenvalue weighted by Crippen LogP contribution is -2.41. The van der Waals surface area contributed by atoms with Gasteiger partial charge in [0.1, 0.15) is 5.82 Å². The van der Waals surface area contributed by atoms with Crippen LogP contribution in [-0.2, 0) is 9.59 Å². The Hall–Kier alpha value is -2.50. The van der Waals surface area contributed by atoms with Crippen LogP contribution in [0.25, 0.3) is 10.9 Å². The Morgan fingerprint density at radius 3 is 2.64 bits per heavy atom. The number of fused-ring (bicyclic) bond motifs is 1. The van der Waals surface area contributed by atoms with E-state index in [1.807, 2.05) is 6.07 Å². The summed E-state index contributed by atoms with van der Waals surface area (Å²) in [5.41, 5.74) is 1.75. The van der Waals surface area contributed by atoms with E-state index in [4.69, 9.17) is 5.11 Å². The summed E-state index contributed by atoms with van der Waals surface area (Å²) in [5.74, 6) is -2.41. The molecule has 0 radical (unpaired) electrons. The lowest BCUT2D eigenvalue weighted by Gasteiger charge is -2.31. The number of nitrogens with zero attached hydrogens (tertiary/aromatic N) is 2. The number of carbonyl (C=O) groups excluding carboxylic acids is 1. The number of amides is 1. The predicted octanol–water partition coefficient (Wildman–Crippen LogP) is 2.16. The molecule has 5 nitrogen and oxygen atoms in total. The predicted molar refractivity (Wildman–Crippen MR) is 77.9 cm³/mol. The lowest BCUT2D eigenvalue weighted by molar-refractivity contribution is -0.156. The number of carboxylic acid groups (broad SMARTS) is 1. The zero-order chi connectivity index (χ0) is 15.7. The van der Waals surface area contributed by atoms with Gasteiger partial charge in [0.15, 0.2) is 0 Å². The molecule has 0 aliphatic carbocycles. The average molecular weight is 302 g/mol. The standard InChI is InChI=1S/C16H15FN2O3/c17-11-1-2-14-13(9-11)12(3-6-18-14)10-4-7-19(8-5-10)15(20)16(21)22/h1-3,6,9-10H,4-5,7-8H2,(H,21,22). The molecule has 0 atom stereocenters. The minimum atomic E-state index is -1.42. The molecule has 2 aromatic rings. The summed E-state index contributed by atoms with van der Waals surface area (Å²) in [6.07, 6.45) is 3.02. The fraction of sp³-hybridized carbons (Fsp3) is 0.312. The highest BCUT2D eigenvalue weighted by atomic mass is 19.1. The maximum Gasteiger partial charge on any atom is 0.394 e. The van der Waals surface area contributed by atoms with Crippen molar-refractivity contribution in [1.82, 2.24) is 9.88 Å². The number of hydrogen-bond donors (Lipinski definition) is 1. The summed E-state index contributed by atoms with van der Waals surface area (Å²) in [5, 5.41) is 9.53. The highest BCUT2D eigenvalue weighted by Gasteiger charge is 2.28. The van der Waals surface area contributed by atoms with Crippen molar-refractivity contribution in [3.8, 4) is 0 Å². The molecule has 6 heteroatoms. The first kappa shape index (κ1) is 14.4. The van der Waals surface area contributed by atoms with E-state index >= 15 is 0 Å². The Morgan fingerprint density at radius 2 is 1.95 bits per heavy atom. The van der Waals surface area contributed by atoms with Gasteiger partial charge in [-0.05, 0) is 48.6 Å². The van der Waals surface area contributed by atoms with Crippen molar-refractivity contribution in [3.63, 3.8) is 0 Å². The molecule has 22 heavy (non-hydrogen) atoms. The minimum absolute atomic E-state index is 0.171. The van der Waals surface area contributed by atoms with Crippen molar-refractivity contribution in [2.45, 2.75) is 18.8 Å². The number of piperidine rings is 1. The maximum absolute atomic E-state index is 13.5. The average Bonchev–Trinajstić information content (AvgIpc) is 2.53. The van der Waals surface area contributed by atoms with E-state index in [2.05, 4.69) is 4.98 Å². The van der Waals surface area contributed by atoms with Crippen molar-refractivity contribution in [1.29, 1.82) is 0 Å².